The molecule has 3 heterocycles. The molecule has 172 valence electrons. The fraction of sp³-hybridized carbons (Fsp3) is 0.231. The number of fused-ring (bicyclic) bond motifs is 2. The molecule has 0 bridgehead atoms. The topological polar surface area (TPSA) is 80.1 Å². The molecule has 2 aromatic carbocycles. The van der Waals surface area contributed by atoms with Crippen molar-refractivity contribution in [3.05, 3.63) is 78.1 Å². The summed E-state index contributed by atoms with van der Waals surface area (Å²) in [7, 11) is 0. The van der Waals surface area contributed by atoms with E-state index in [1.807, 2.05) is 65.9 Å². The summed E-state index contributed by atoms with van der Waals surface area (Å²) in [6.07, 6.45) is 4.27. The number of hydrogen-bond acceptors (Lipinski definition) is 5. The minimum absolute atomic E-state index is 0.0435. The number of pyridine rings is 1. The first kappa shape index (κ1) is 22.2. The van der Waals surface area contributed by atoms with Gasteiger partial charge in [0.1, 0.15) is 0 Å². The molecule has 0 unspecified atom stereocenters. The van der Waals surface area contributed by atoms with E-state index >= 15 is 0 Å². The quantitative estimate of drug-likeness (QED) is 0.403. The maximum Gasteiger partial charge on any atom is 0.256 e. The van der Waals surface area contributed by atoms with Crippen LogP contribution in [0.4, 0.5) is 11.4 Å². The van der Waals surface area contributed by atoms with Gasteiger partial charge in [0.15, 0.2) is 5.65 Å². The molecule has 1 aliphatic heterocycles. The lowest BCUT2D eigenvalue weighted by Gasteiger charge is -2.17. The fourth-order valence-electron chi connectivity index (χ4n) is 4.18. The highest BCUT2D eigenvalue weighted by molar-refractivity contribution is 8.00. The number of anilines is 2. The first-order chi connectivity index (χ1) is 16.5. The van der Waals surface area contributed by atoms with Gasteiger partial charge >= 0.3 is 0 Å². The lowest BCUT2D eigenvalue weighted by molar-refractivity contribution is -0.116. The van der Waals surface area contributed by atoms with Crippen LogP contribution in [0.15, 0.2) is 71.9 Å². The SMILES string of the molecule is CC(C)n1ncc2cc(NC(=O)c3ccccc3SCC(=O)N3CCc4ccccc43)cnc21. The van der Waals surface area contributed by atoms with E-state index < -0.39 is 0 Å². The Hall–Kier alpha value is -3.65. The molecule has 8 heteroatoms. The molecule has 2 amide bonds. The van der Waals surface area contributed by atoms with Crippen LogP contribution in [0.1, 0.15) is 35.8 Å². The molecule has 1 N–H and O–H groups in total. The van der Waals surface area contributed by atoms with Gasteiger partial charge in [-0.05, 0) is 50.1 Å². The Kier molecular flexibility index (Phi) is 6.06. The lowest BCUT2D eigenvalue weighted by Crippen LogP contribution is -2.30. The molecule has 0 radical (unpaired) electrons. The molecule has 0 aliphatic carbocycles. The Labute approximate surface area is 202 Å². The Morgan fingerprint density at radius 1 is 1.09 bits per heavy atom. The molecular formula is C26H25N5O2S. The van der Waals surface area contributed by atoms with Crippen LogP contribution in [0.25, 0.3) is 11.0 Å². The largest absolute Gasteiger partial charge is 0.321 e. The van der Waals surface area contributed by atoms with Crippen LogP contribution in [0.3, 0.4) is 0 Å². The van der Waals surface area contributed by atoms with Crippen molar-refractivity contribution in [2.75, 3.05) is 22.5 Å². The second-order valence-electron chi connectivity index (χ2n) is 8.48. The number of para-hydroxylation sites is 1. The molecule has 0 atom stereocenters. The summed E-state index contributed by atoms with van der Waals surface area (Å²) < 4.78 is 1.85. The smallest absolute Gasteiger partial charge is 0.256 e. The summed E-state index contributed by atoms with van der Waals surface area (Å²) >= 11 is 1.38. The Morgan fingerprint density at radius 3 is 2.74 bits per heavy atom. The van der Waals surface area contributed by atoms with Gasteiger partial charge in [-0.2, -0.15) is 5.10 Å². The minimum atomic E-state index is -0.237. The summed E-state index contributed by atoms with van der Waals surface area (Å²) in [5.74, 6) is 0.0713. The van der Waals surface area contributed by atoms with E-state index in [0.29, 0.717) is 17.8 Å². The zero-order valence-corrected chi connectivity index (χ0v) is 19.9. The van der Waals surface area contributed by atoms with Crippen LogP contribution in [0, 0.1) is 0 Å². The first-order valence-corrected chi connectivity index (χ1v) is 12.2. The first-order valence-electron chi connectivity index (χ1n) is 11.3. The van der Waals surface area contributed by atoms with Crippen LogP contribution in [0.5, 0.6) is 0 Å². The molecule has 0 saturated carbocycles. The van der Waals surface area contributed by atoms with Gasteiger partial charge in [-0.1, -0.05) is 30.3 Å². The average Bonchev–Trinajstić information content (AvgIpc) is 3.47. The number of hydrogen-bond donors (Lipinski definition) is 1. The van der Waals surface area contributed by atoms with Crippen molar-refractivity contribution in [1.29, 1.82) is 0 Å². The van der Waals surface area contributed by atoms with Crippen molar-refractivity contribution >= 4 is 46.0 Å². The van der Waals surface area contributed by atoms with Crippen molar-refractivity contribution < 1.29 is 9.59 Å². The highest BCUT2D eigenvalue weighted by Gasteiger charge is 2.24. The van der Waals surface area contributed by atoms with E-state index in [2.05, 4.69) is 21.5 Å². The fourth-order valence-corrected chi connectivity index (χ4v) is 5.11. The third-order valence-corrected chi connectivity index (χ3v) is 6.91. The molecule has 0 fully saturated rings. The van der Waals surface area contributed by atoms with Crippen LogP contribution >= 0.6 is 11.8 Å². The van der Waals surface area contributed by atoms with E-state index in [0.717, 1.165) is 28.0 Å². The highest BCUT2D eigenvalue weighted by Crippen LogP contribution is 2.30. The Balaban J connectivity index is 1.29. The predicted octanol–water partition coefficient (Wildman–Crippen LogP) is 4.95. The number of nitrogens with zero attached hydrogens (tertiary/aromatic N) is 4. The Bertz CT molecular complexity index is 1380. The summed E-state index contributed by atoms with van der Waals surface area (Å²) in [6, 6.07) is 17.4. The standard InChI is InChI=1S/C26H25N5O2S/c1-17(2)31-25-19(14-28-31)13-20(15-27-25)29-26(33)21-8-4-6-10-23(21)34-16-24(32)30-12-11-18-7-3-5-9-22(18)30/h3-10,13-15,17H,11-12,16H2,1-2H3,(H,29,33). The highest BCUT2D eigenvalue weighted by atomic mass is 32.2. The van der Waals surface area contributed by atoms with Gasteiger partial charge in [0.05, 0.1) is 29.4 Å². The summed E-state index contributed by atoms with van der Waals surface area (Å²) in [5, 5.41) is 8.18. The third kappa shape index (κ3) is 4.28. The third-order valence-electron chi connectivity index (χ3n) is 5.85. The predicted molar refractivity (Wildman–Crippen MR) is 136 cm³/mol. The number of aromatic nitrogens is 3. The molecule has 7 nitrogen and oxygen atoms in total. The lowest BCUT2D eigenvalue weighted by atomic mass is 10.2. The van der Waals surface area contributed by atoms with Gasteiger partial charge in [0, 0.05) is 28.6 Å². The van der Waals surface area contributed by atoms with Crippen LogP contribution in [-0.4, -0.2) is 38.9 Å². The van der Waals surface area contributed by atoms with Gasteiger partial charge in [0.2, 0.25) is 5.91 Å². The van der Waals surface area contributed by atoms with Crippen LogP contribution in [0.2, 0.25) is 0 Å². The molecule has 5 rings (SSSR count). The van der Waals surface area contributed by atoms with Crippen molar-refractivity contribution in [2.45, 2.75) is 31.2 Å². The van der Waals surface area contributed by atoms with E-state index in [1.54, 1.807) is 18.5 Å². The van der Waals surface area contributed by atoms with Crippen molar-refractivity contribution in [3.63, 3.8) is 0 Å². The van der Waals surface area contributed by atoms with E-state index in [1.165, 1.54) is 17.3 Å². The van der Waals surface area contributed by atoms with E-state index in [-0.39, 0.29) is 23.6 Å². The number of amides is 2. The van der Waals surface area contributed by atoms with E-state index in [4.69, 9.17) is 0 Å². The van der Waals surface area contributed by atoms with Crippen molar-refractivity contribution in [2.24, 2.45) is 0 Å². The van der Waals surface area contributed by atoms with E-state index in [9.17, 15) is 9.59 Å². The number of nitrogens with one attached hydrogen (secondary N) is 1. The monoisotopic (exact) mass is 471 g/mol. The maximum atomic E-state index is 13.1. The number of thioether (sulfide) groups is 1. The Morgan fingerprint density at radius 2 is 1.88 bits per heavy atom. The second kappa shape index (κ2) is 9.30. The molecule has 1 aliphatic rings. The summed E-state index contributed by atoms with van der Waals surface area (Å²) in [4.78, 5) is 33.1. The number of rotatable bonds is 6. The van der Waals surface area contributed by atoms with Crippen molar-refractivity contribution in [1.82, 2.24) is 14.8 Å². The summed E-state index contributed by atoms with van der Waals surface area (Å²) in [5.41, 5.74) is 4.10. The average molecular weight is 472 g/mol. The zero-order valence-electron chi connectivity index (χ0n) is 19.1. The molecular weight excluding hydrogens is 446 g/mol. The van der Waals surface area contributed by atoms with Gasteiger partial charge in [-0.15, -0.1) is 11.8 Å². The summed E-state index contributed by atoms with van der Waals surface area (Å²) in [6.45, 7) is 4.79. The second-order valence-corrected chi connectivity index (χ2v) is 9.50. The zero-order chi connectivity index (χ0) is 23.7. The number of benzene rings is 2. The maximum absolute atomic E-state index is 13.1. The molecule has 0 spiro atoms. The molecule has 2 aromatic heterocycles. The van der Waals surface area contributed by atoms with Crippen LogP contribution in [-0.2, 0) is 11.2 Å². The number of carbonyl (C=O) groups is 2. The van der Waals surface area contributed by atoms with Gasteiger partial charge < -0.3 is 10.2 Å². The molecule has 0 saturated heterocycles. The molecule has 34 heavy (non-hydrogen) atoms. The van der Waals surface area contributed by atoms with Gasteiger partial charge in [-0.25, -0.2) is 9.67 Å². The van der Waals surface area contributed by atoms with Gasteiger partial charge in [-0.3, -0.25) is 9.59 Å². The normalized spacial score (nSPS) is 12.9. The van der Waals surface area contributed by atoms with Crippen molar-refractivity contribution in [3.8, 4) is 0 Å². The minimum Gasteiger partial charge on any atom is -0.321 e. The molecule has 4 aromatic rings. The van der Waals surface area contributed by atoms with Crippen LogP contribution < -0.4 is 10.2 Å². The van der Waals surface area contributed by atoms with Gasteiger partial charge in [0.25, 0.3) is 5.91 Å². The number of carbonyl (C=O) groups excluding carboxylic acids is 2.